The highest BCUT2D eigenvalue weighted by atomic mass is 127. The summed E-state index contributed by atoms with van der Waals surface area (Å²) in [6.07, 6.45) is 3.42. The van der Waals surface area contributed by atoms with Crippen LogP contribution >= 0.6 is 22.6 Å². The van der Waals surface area contributed by atoms with Crippen LogP contribution in [0.25, 0.3) is 0 Å². The molecule has 2 N–H and O–H groups in total. The number of para-hydroxylation sites is 2. The van der Waals surface area contributed by atoms with Crippen molar-refractivity contribution in [3.8, 4) is 17.2 Å². The zero-order valence-corrected chi connectivity index (χ0v) is 22.4. The zero-order valence-electron chi connectivity index (χ0n) is 20.2. The number of hydrogen-bond acceptors (Lipinski definition) is 7. The summed E-state index contributed by atoms with van der Waals surface area (Å²) >= 11 is 2.09. The summed E-state index contributed by atoms with van der Waals surface area (Å²) in [5.41, 5.74) is 3.21. The molecule has 0 spiro atoms. The Balaban J connectivity index is 1.62. The first kappa shape index (κ1) is 27.2. The van der Waals surface area contributed by atoms with E-state index in [9.17, 15) is 14.4 Å². The van der Waals surface area contributed by atoms with Crippen LogP contribution in [-0.2, 0) is 14.4 Å². The van der Waals surface area contributed by atoms with Crippen LogP contribution in [0.1, 0.15) is 32.3 Å². The second-order valence-corrected chi connectivity index (χ2v) is 8.88. The van der Waals surface area contributed by atoms with Gasteiger partial charge in [0.2, 0.25) is 0 Å². The number of halogens is 1. The van der Waals surface area contributed by atoms with E-state index < -0.39 is 11.8 Å². The van der Waals surface area contributed by atoms with Gasteiger partial charge in [-0.3, -0.25) is 14.4 Å². The van der Waals surface area contributed by atoms with Gasteiger partial charge < -0.3 is 24.4 Å². The van der Waals surface area contributed by atoms with E-state index in [0.717, 1.165) is 25.9 Å². The number of amides is 3. The van der Waals surface area contributed by atoms with Gasteiger partial charge in [0.1, 0.15) is 5.75 Å². The first-order valence-electron chi connectivity index (χ1n) is 11.7. The van der Waals surface area contributed by atoms with E-state index in [1.165, 1.54) is 6.21 Å². The number of hydrogen-bond donors (Lipinski definition) is 2. The van der Waals surface area contributed by atoms with Gasteiger partial charge in [-0.05, 0) is 79.1 Å². The van der Waals surface area contributed by atoms with E-state index >= 15 is 0 Å². The van der Waals surface area contributed by atoms with E-state index in [-0.39, 0.29) is 12.5 Å². The maximum Gasteiger partial charge on any atom is 0.329 e. The lowest BCUT2D eigenvalue weighted by Crippen LogP contribution is -2.32. The maximum atomic E-state index is 12.3. The van der Waals surface area contributed by atoms with Gasteiger partial charge >= 0.3 is 11.8 Å². The number of carbonyl (C=O) groups is 3. The third kappa shape index (κ3) is 7.57. The maximum absolute atomic E-state index is 12.3. The highest BCUT2D eigenvalue weighted by molar-refractivity contribution is 14.1. The Kier molecular flexibility index (Phi) is 10.3. The van der Waals surface area contributed by atoms with Crippen LogP contribution in [0, 0.1) is 3.57 Å². The summed E-state index contributed by atoms with van der Waals surface area (Å²) in [5, 5.41) is 6.40. The molecule has 2 aromatic carbocycles. The molecule has 0 atom stereocenters. The van der Waals surface area contributed by atoms with Gasteiger partial charge in [0.25, 0.3) is 5.91 Å². The molecule has 3 rings (SSSR count). The molecule has 11 heteroatoms. The number of anilines is 1. The molecule has 1 aliphatic heterocycles. The number of ether oxygens (including phenoxy) is 3. The smallest absolute Gasteiger partial charge is 0.329 e. The fourth-order valence-corrected chi connectivity index (χ4v) is 4.28. The molecule has 0 bridgehead atoms. The molecule has 192 valence electrons. The van der Waals surface area contributed by atoms with E-state index in [1.54, 1.807) is 41.3 Å². The van der Waals surface area contributed by atoms with Crippen molar-refractivity contribution in [2.75, 3.05) is 38.2 Å². The molecule has 2 aromatic rings. The minimum Gasteiger partial charge on any atom is -0.492 e. The average Bonchev–Trinajstić information content (AvgIpc) is 3.40. The molecule has 0 radical (unpaired) electrons. The second kappa shape index (κ2) is 13.7. The van der Waals surface area contributed by atoms with Crippen LogP contribution in [0.3, 0.4) is 0 Å². The van der Waals surface area contributed by atoms with Crippen LogP contribution in [0.2, 0.25) is 0 Å². The summed E-state index contributed by atoms with van der Waals surface area (Å²) in [5.74, 6) is -0.475. The molecule has 0 aliphatic carbocycles. The summed E-state index contributed by atoms with van der Waals surface area (Å²) in [4.78, 5) is 38.6. The van der Waals surface area contributed by atoms with Crippen LogP contribution < -0.4 is 25.0 Å². The van der Waals surface area contributed by atoms with Crippen LogP contribution in [-0.4, -0.2) is 61.7 Å². The third-order valence-corrected chi connectivity index (χ3v) is 5.95. The predicted molar refractivity (Wildman–Crippen MR) is 144 cm³/mol. The molecule has 10 nitrogen and oxygen atoms in total. The molecule has 0 unspecified atom stereocenters. The molecule has 0 saturated carbocycles. The molecular formula is C25H29IN4O6. The van der Waals surface area contributed by atoms with Gasteiger partial charge in [0.15, 0.2) is 18.1 Å². The number of hydrazone groups is 1. The summed E-state index contributed by atoms with van der Waals surface area (Å²) in [6.45, 7) is 5.94. The van der Waals surface area contributed by atoms with Gasteiger partial charge in [0, 0.05) is 13.1 Å². The Bertz CT molecular complexity index is 1120. The lowest BCUT2D eigenvalue weighted by atomic mass is 10.2. The highest BCUT2D eigenvalue weighted by Gasteiger charge is 2.20. The Labute approximate surface area is 223 Å². The second-order valence-electron chi connectivity index (χ2n) is 7.72. The number of benzene rings is 2. The highest BCUT2D eigenvalue weighted by Crippen LogP contribution is 2.34. The SMILES string of the molecule is CCOc1ccccc1NC(=O)C(=O)N/N=C\c1cc(I)c(OCC(=O)N2CCCC2)c(OCC)c1. The van der Waals surface area contributed by atoms with Gasteiger partial charge in [0.05, 0.1) is 28.7 Å². The van der Waals surface area contributed by atoms with Gasteiger partial charge in [-0.1, -0.05) is 12.1 Å². The number of carbonyl (C=O) groups excluding carboxylic acids is 3. The monoisotopic (exact) mass is 608 g/mol. The number of nitrogens with one attached hydrogen (secondary N) is 2. The van der Waals surface area contributed by atoms with Crippen molar-refractivity contribution in [1.82, 2.24) is 10.3 Å². The quantitative estimate of drug-likeness (QED) is 0.185. The van der Waals surface area contributed by atoms with Gasteiger partial charge in [-0.15, -0.1) is 0 Å². The topological polar surface area (TPSA) is 119 Å². The Morgan fingerprint density at radius 1 is 1.00 bits per heavy atom. The lowest BCUT2D eigenvalue weighted by Gasteiger charge is -2.18. The number of nitrogens with zero attached hydrogens (tertiary/aromatic N) is 2. The molecule has 36 heavy (non-hydrogen) atoms. The van der Waals surface area contributed by atoms with E-state index in [2.05, 4.69) is 38.4 Å². The minimum absolute atomic E-state index is 0.0544. The predicted octanol–water partition coefficient (Wildman–Crippen LogP) is 3.18. The summed E-state index contributed by atoms with van der Waals surface area (Å²) in [6, 6.07) is 10.3. The zero-order chi connectivity index (χ0) is 25.9. The molecule has 3 amide bonds. The average molecular weight is 608 g/mol. The van der Waals surface area contributed by atoms with E-state index in [0.29, 0.717) is 45.3 Å². The standard InChI is InChI=1S/C25H29IN4O6/c1-3-34-20-10-6-5-9-19(20)28-24(32)25(33)29-27-15-17-13-18(26)23(21(14-17)35-4-2)36-16-22(31)30-11-7-8-12-30/h5-6,9-10,13-15H,3-4,7-8,11-12,16H2,1-2H3,(H,28,32)(H,29,33)/b27-15-. The number of likely N-dealkylation sites (tertiary alicyclic amines) is 1. The van der Waals surface area contributed by atoms with Crippen LogP contribution in [0.4, 0.5) is 5.69 Å². The molecule has 1 aliphatic rings. The summed E-state index contributed by atoms with van der Waals surface area (Å²) in [7, 11) is 0. The largest absolute Gasteiger partial charge is 0.492 e. The fourth-order valence-electron chi connectivity index (χ4n) is 3.50. The normalized spacial score (nSPS) is 12.9. The van der Waals surface area contributed by atoms with Crippen LogP contribution in [0.5, 0.6) is 17.2 Å². The van der Waals surface area contributed by atoms with Crippen molar-refractivity contribution < 1.29 is 28.6 Å². The van der Waals surface area contributed by atoms with Gasteiger partial charge in [-0.25, -0.2) is 5.43 Å². The third-order valence-electron chi connectivity index (χ3n) is 5.15. The van der Waals surface area contributed by atoms with Crippen molar-refractivity contribution in [3.05, 3.63) is 45.5 Å². The first-order chi connectivity index (χ1) is 17.4. The van der Waals surface area contributed by atoms with Crippen molar-refractivity contribution in [1.29, 1.82) is 0 Å². The van der Waals surface area contributed by atoms with E-state index in [4.69, 9.17) is 14.2 Å². The Hall–Kier alpha value is -3.35. The van der Waals surface area contributed by atoms with Crippen molar-refractivity contribution in [3.63, 3.8) is 0 Å². The van der Waals surface area contributed by atoms with E-state index in [1.807, 2.05) is 13.8 Å². The first-order valence-corrected chi connectivity index (χ1v) is 12.7. The Morgan fingerprint density at radius 3 is 2.42 bits per heavy atom. The number of rotatable bonds is 10. The minimum atomic E-state index is -0.933. The molecule has 1 heterocycles. The molecule has 1 fully saturated rings. The van der Waals surface area contributed by atoms with Crippen LogP contribution in [0.15, 0.2) is 41.5 Å². The van der Waals surface area contributed by atoms with Crippen molar-refractivity contribution in [2.45, 2.75) is 26.7 Å². The lowest BCUT2D eigenvalue weighted by molar-refractivity contribution is -0.136. The van der Waals surface area contributed by atoms with Gasteiger partial charge in [-0.2, -0.15) is 5.10 Å². The molecule has 0 aromatic heterocycles. The Morgan fingerprint density at radius 2 is 1.69 bits per heavy atom. The van der Waals surface area contributed by atoms with Crippen molar-refractivity contribution in [2.24, 2.45) is 5.10 Å². The molecular weight excluding hydrogens is 579 g/mol. The summed E-state index contributed by atoms with van der Waals surface area (Å²) < 4.78 is 17.7. The fraction of sp³-hybridized carbons (Fsp3) is 0.360. The molecule has 1 saturated heterocycles. The van der Waals surface area contributed by atoms with Crippen molar-refractivity contribution >= 4 is 52.2 Å².